The van der Waals surface area contributed by atoms with Crippen LogP contribution in [0.3, 0.4) is 0 Å². The molecule has 6 heteroatoms. The van der Waals surface area contributed by atoms with Crippen molar-refractivity contribution in [2.75, 3.05) is 27.4 Å². The lowest BCUT2D eigenvalue weighted by atomic mass is 10.1. The van der Waals surface area contributed by atoms with Crippen molar-refractivity contribution in [3.05, 3.63) is 17.7 Å². The van der Waals surface area contributed by atoms with Crippen molar-refractivity contribution < 1.29 is 19.0 Å². The Kier molecular flexibility index (Phi) is 4.34. The van der Waals surface area contributed by atoms with E-state index in [0.717, 1.165) is 5.56 Å². The summed E-state index contributed by atoms with van der Waals surface area (Å²) in [5, 5.41) is 0. The van der Waals surface area contributed by atoms with Crippen LogP contribution in [0.15, 0.2) is 12.1 Å². The van der Waals surface area contributed by atoms with Crippen LogP contribution in [-0.4, -0.2) is 44.3 Å². The first-order valence-corrected chi connectivity index (χ1v) is 6.53. The smallest absolute Gasteiger partial charge is 0.262 e. The zero-order valence-electron chi connectivity index (χ0n) is 12.0. The molecule has 0 aromatic heterocycles. The molecule has 1 aliphatic rings. The molecule has 1 amide bonds. The van der Waals surface area contributed by atoms with Crippen LogP contribution in [-0.2, 0) is 11.2 Å². The molecule has 1 heterocycles. The summed E-state index contributed by atoms with van der Waals surface area (Å²) in [6, 6.07) is 3.62. The van der Waals surface area contributed by atoms with E-state index >= 15 is 0 Å². The van der Waals surface area contributed by atoms with Crippen LogP contribution in [0.1, 0.15) is 12.5 Å². The first-order chi connectivity index (χ1) is 9.52. The van der Waals surface area contributed by atoms with Gasteiger partial charge in [-0.25, -0.2) is 0 Å². The molecule has 0 fully saturated rings. The van der Waals surface area contributed by atoms with Gasteiger partial charge in [-0.15, -0.1) is 0 Å². The molecular formula is C14H20N2O4. The molecule has 1 aromatic rings. The van der Waals surface area contributed by atoms with Crippen LogP contribution in [0.2, 0.25) is 0 Å². The standard InChI is InChI=1S/C14H20N2O4/c1-9(14(17)16(2)3)20-11-7-13-12(18-8-19-13)6-10(11)4-5-15/h6-7,9H,4-5,8,15H2,1-3H3. The van der Waals surface area contributed by atoms with Gasteiger partial charge in [-0.05, 0) is 31.5 Å². The van der Waals surface area contributed by atoms with Crippen molar-refractivity contribution in [1.82, 2.24) is 4.90 Å². The van der Waals surface area contributed by atoms with Crippen molar-refractivity contribution in [3.8, 4) is 17.2 Å². The maximum absolute atomic E-state index is 11.9. The fourth-order valence-corrected chi connectivity index (χ4v) is 2.03. The third-order valence-corrected chi connectivity index (χ3v) is 3.06. The minimum absolute atomic E-state index is 0.0960. The molecule has 1 aliphatic heterocycles. The Hall–Kier alpha value is -1.95. The van der Waals surface area contributed by atoms with E-state index in [1.54, 1.807) is 27.1 Å². The monoisotopic (exact) mass is 280 g/mol. The van der Waals surface area contributed by atoms with Crippen molar-refractivity contribution >= 4 is 5.91 Å². The van der Waals surface area contributed by atoms with Crippen molar-refractivity contribution in [2.24, 2.45) is 5.73 Å². The fraction of sp³-hybridized carbons (Fsp3) is 0.500. The molecular weight excluding hydrogens is 260 g/mol. The Morgan fingerprint density at radius 1 is 1.40 bits per heavy atom. The molecule has 110 valence electrons. The molecule has 0 bridgehead atoms. The Balaban J connectivity index is 2.23. The first-order valence-electron chi connectivity index (χ1n) is 6.53. The van der Waals surface area contributed by atoms with E-state index in [-0.39, 0.29) is 12.7 Å². The van der Waals surface area contributed by atoms with E-state index < -0.39 is 6.10 Å². The SMILES string of the molecule is CC(Oc1cc2c(cc1CCN)OCO2)C(=O)N(C)C. The highest BCUT2D eigenvalue weighted by atomic mass is 16.7. The van der Waals surface area contributed by atoms with E-state index in [1.165, 1.54) is 4.90 Å². The number of likely N-dealkylation sites (N-methyl/N-ethyl adjacent to an activating group) is 1. The maximum atomic E-state index is 11.9. The fourth-order valence-electron chi connectivity index (χ4n) is 2.03. The zero-order chi connectivity index (χ0) is 14.7. The van der Waals surface area contributed by atoms with E-state index in [4.69, 9.17) is 19.9 Å². The number of ether oxygens (including phenoxy) is 3. The number of hydrogen-bond acceptors (Lipinski definition) is 5. The van der Waals surface area contributed by atoms with Crippen LogP contribution in [0, 0.1) is 0 Å². The number of carbonyl (C=O) groups is 1. The van der Waals surface area contributed by atoms with Gasteiger partial charge in [-0.3, -0.25) is 4.79 Å². The van der Waals surface area contributed by atoms with E-state index in [2.05, 4.69) is 0 Å². The van der Waals surface area contributed by atoms with Gasteiger partial charge in [0.05, 0.1) is 0 Å². The number of benzene rings is 1. The number of nitrogens with two attached hydrogens (primary N) is 1. The van der Waals surface area contributed by atoms with E-state index in [9.17, 15) is 4.79 Å². The predicted molar refractivity (Wildman–Crippen MR) is 74.1 cm³/mol. The molecule has 2 rings (SSSR count). The molecule has 6 nitrogen and oxygen atoms in total. The zero-order valence-corrected chi connectivity index (χ0v) is 12.0. The lowest BCUT2D eigenvalue weighted by molar-refractivity contribution is -0.135. The minimum atomic E-state index is -0.568. The molecule has 0 saturated heterocycles. The molecule has 0 radical (unpaired) electrons. The minimum Gasteiger partial charge on any atom is -0.480 e. The second-order valence-corrected chi connectivity index (χ2v) is 4.84. The van der Waals surface area contributed by atoms with E-state index in [0.29, 0.717) is 30.2 Å². The lowest BCUT2D eigenvalue weighted by Gasteiger charge is -2.20. The van der Waals surface area contributed by atoms with Crippen LogP contribution in [0.5, 0.6) is 17.2 Å². The summed E-state index contributed by atoms with van der Waals surface area (Å²) in [6.07, 6.45) is 0.0800. The molecule has 1 unspecified atom stereocenters. The first kappa shape index (κ1) is 14.5. The highest BCUT2D eigenvalue weighted by Gasteiger charge is 2.22. The van der Waals surface area contributed by atoms with Gasteiger partial charge in [0.25, 0.3) is 5.91 Å². The number of amides is 1. The summed E-state index contributed by atoms with van der Waals surface area (Å²) >= 11 is 0. The third-order valence-electron chi connectivity index (χ3n) is 3.06. The van der Waals surface area contributed by atoms with Crippen LogP contribution >= 0.6 is 0 Å². The second kappa shape index (κ2) is 6.00. The summed E-state index contributed by atoms with van der Waals surface area (Å²) in [6.45, 7) is 2.41. The van der Waals surface area contributed by atoms with Crippen molar-refractivity contribution in [3.63, 3.8) is 0 Å². The Bertz CT molecular complexity index is 502. The molecule has 1 atom stereocenters. The molecule has 2 N–H and O–H groups in total. The Morgan fingerprint density at radius 2 is 2.05 bits per heavy atom. The Morgan fingerprint density at radius 3 is 2.65 bits per heavy atom. The summed E-state index contributed by atoms with van der Waals surface area (Å²) in [4.78, 5) is 13.4. The molecule has 0 spiro atoms. The highest BCUT2D eigenvalue weighted by molar-refractivity contribution is 5.80. The molecule has 0 saturated carbocycles. The van der Waals surface area contributed by atoms with Gasteiger partial charge >= 0.3 is 0 Å². The number of fused-ring (bicyclic) bond motifs is 1. The van der Waals surface area contributed by atoms with Crippen LogP contribution in [0.4, 0.5) is 0 Å². The van der Waals surface area contributed by atoms with Gasteiger partial charge in [0.15, 0.2) is 17.6 Å². The average Bonchev–Trinajstić information content (AvgIpc) is 2.85. The average molecular weight is 280 g/mol. The summed E-state index contributed by atoms with van der Waals surface area (Å²) in [5.74, 6) is 1.83. The van der Waals surface area contributed by atoms with Gasteiger partial charge in [0, 0.05) is 20.2 Å². The van der Waals surface area contributed by atoms with Gasteiger partial charge < -0.3 is 24.8 Å². The molecule has 0 aliphatic carbocycles. The van der Waals surface area contributed by atoms with Gasteiger partial charge in [-0.2, -0.15) is 0 Å². The quantitative estimate of drug-likeness (QED) is 0.862. The van der Waals surface area contributed by atoms with Crippen LogP contribution < -0.4 is 19.9 Å². The number of hydrogen-bond donors (Lipinski definition) is 1. The summed E-state index contributed by atoms with van der Waals surface area (Å²) in [5.41, 5.74) is 6.52. The number of carbonyl (C=O) groups excluding carboxylic acids is 1. The topological polar surface area (TPSA) is 74.0 Å². The lowest BCUT2D eigenvalue weighted by Crippen LogP contribution is -2.35. The van der Waals surface area contributed by atoms with E-state index in [1.807, 2.05) is 6.07 Å². The predicted octanol–water partition coefficient (Wildman–Crippen LogP) is 0.772. The largest absolute Gasteiger partial charge is 0.480 e. The summed E-state index contributed by atoms with van der Waals surface area (Å²) < 4.78 is 16.4. The summed E-state index contributed by atoms with van der Waals surface area (Å²) in [7, 11) is 3.39. The Labute approximate surface area is 118 Å². The van der Waals surface area contributed by atoms with Gasteiger partial charge in [-0.1, -0.05) is 0 Å². The molecule has 20 heavy (non-hydrogen) atoms. The van der Waals surface area contributed by atoms with Crippen LogP contribution in [0.25, 0.3) is 0 Å². The normalized spacial score (nSPS) is 14.0. The highest BCUT2D eigenvalue weighted by Crippen LogP contribution is 2.38. The second-order valence-electron chi connectivity index (χ2n) is 4.84. The third kappa shape index (κ3) is 2.96. The van der Waals surface area contributed by atoms with Crippen molar-refractivity contribution in [1.29, 1.82) is 0 Å². The number of nitrogens with zero attached hydrogens (tertiary/aromatic N) is 1. The maximum Gasteiger partial charge on any atom is 0.262 e. The van der Waals surface area contributed by atoms with Gasteiger partial charge in [0.2, 0.25) is 6.79 Å². The molecule has 1 aromatic carbocycles. The van der Waals surface area contributed by atoms with Gasteiger partial charge in [0.1, 0.15) is 5.75 Å². The number of rotatable bonds is 5. The van der Waals surface area contributed by atoms with Crippen molar-refractivity contribution in [2.45, 2.75) is 19.4 Å².